The maximum Gasteiger partial charge on any atom is 0.141 e. The second-order valence-electron chi connectivity index (χ2n) is 4.17. The first-order valence-corrected chi connectivity index (χ1v) is 5.73. The number of aromatic nitrogens is 1. The number of pyridine rings is 1. The molecule has 0 aliphatic carbocycles. The highest BCUT2D eigenvalue weighted by Gasteiger charge is 2.06. The van der Waals surface area contributed by atoms with E-state index >= 15 is 0 Å². The van der Waals surface area contributed by atoms with Crippen molar-refractivity contribution in [2.75, 3.05) is 0 Å². The third-order valence-electron chi connectivity index (χ3n) is 2.75. The summed E-state index contributed by atoms with van der Waals surface area (Å²) in [6.07, 6.45) is 2.81. The van der Waals surface area contributed by atoms with Gasteiger partial charge < -0.3 is 5.32 Å². The molecule has 0 aliphatic heterocycles. The normalized spacial score (nSPS) is 12.4. The predicted octanol–water partition coefficient (Wildman–Crippen LogP) is 3.21. The second-order valence-corrected chi connectivity index (χ2v) is 4.17. The fraction of sp³-hybridized carbons (Fsp3) is 0.214. The van der Waals surface area contributed by atoms with Crippen molar-refractivity contribution in [3.63, 3.8) is 0 Å². The third-order valence-corrected chi connectivity index (χ3v) is 2.75. The van der Waals surface area contributed by atoms with Crippen LogP contribution in [0, 0.1) is 11.6 Å². The van der Waals surface area contributed by atoms with E-state index in [1.165, 1.54) is 24.4 Å². The molecule has 0 bridgehead atoms. The van der Waals surface area contributed by atoms with Crippen LogP contribution in [0.1, 0.15) is 24.1 Å². The summed E-state index contributed by atoms with van der Waals surface area (Å²) in [5, 5.41) is 3.23. The molecule has 1 aromatic carbocycles. The Morgan fingerprint density at radius 3 is 2.50 bits per heavy atom. The molecule has 1 unspecified atom stereocenters. The van der Waals surface area contributed by atoms with Gasteiger partial charge in [0.1, 0.15) is 11.6 Å². The number of hydrogen-bond donors (Lipinski definition) is 1. The van der Waals surface area contributed by atoms with Crippen LogP contribution in [0.25, 0.3) is 0 Å². The Kier molecular flexibility index (Phi) is 3.99. The zero-order valence-electron chi connectivity index (χ0n) is 10.0. The van der Waals surface area contributed by atoms with E-state index in [0.717, 1.165) is 11.1 Å². The highest BCUT2D eigenvalue weighted by atomic mass is 19.1. The number of rotatable bonds is 4. The fourth-order valence-electron chi connectivity index (χ4n) is 1.66. The van der Waals surface area contributed by atoms with Crippen molar-refractivity contribution in [1.29, 1.82) is 0 Å². The molecule has 2 aromatic rings. The fourth-order valence-corrected chi connectivity index (χ4v) is 1.66. The summed E-state index contributed by atoms with van der Waals surface area (Å²) in [5.74, 6) is -0.593. The molecule has 0 spiro atoms. The topological polar surface area (TPSA) is 24.9 Å². The third kappa shape index (κ3) is 3.34. The number of nitrogens with one attached hydrogen (secondary N) is 1. The Morgan fingerprint density at radius 1 is 1.11 bits per heavy atom. The summed E-state index contributed by atoms with van der Waals surface area (Å²) < 4.78 is 25.7. The Bertz CT molecular complexity index is 511. The van der Waals surface area contributed by atoms with E-state index in [1.54, 1.807) is 18.3 Å². The molecule has 0 radical (unpaired) electrons. The van der Waals surface area contributed by atoms with Crippen molar-refractivity contribution < 1.29 is 8.78 Å². The summed E-state index contributed by atoms with van der Waals surface area (Å²) in [5.41, 5.74) is 1.77. The van der Waals surface area contributed by atoms with E-state index in [1.807, 2.05) is 6.92 Å². The maximum absolute atomic E-state index is 13.0. The lowest BCUT2D eigenvalue weighted by Gasteiger charge is -2.13. The SMILES string of the molecule is CC(NCc1ccc(F)cc1)c1cncc(F)c1. The number of benzene rings is 1. The Balaban J connectivity index is 1.96. The van der Waals surface area contributed by atoms with Crippen LogP contribution < -0.4 is 5.32 Å². The van der Waals surface area contributed by atoms with Crippen molar-refractivity contribution >= 4 is 0 Å². The number of hydrogen-bond acceptors (Lipinski definition) is 2. The van der Waals surface area contributed by atoms with Crippen LogP contribution in [0.2, 0.25) is 0 Å². The average Bonchev–Trinajstić information content (AvgIpc) is 2.38. The number of halogens is 2. The molecule has 1 N–H and O–H groups in total. The lowest BCUT2D eigenvalue weighted by molar-refractivity contribution is 0.559. The van der Waals surface area contributed by atoms with Gasteiger partial charge in [-0.25, -0.2) is 8.78 Å². The molecule has 94 valence electrons. The molecule has 1 heterocycles. The van der Waals surface area contributed by atoms with Crippen LogP contribution in [0.3, 0.4) is 0 Å². The molecular weight excluding hydrogens is 234 g/mol. The van der Waals surface area contributed by atoms with Gasteiger partial charge >= 0.3 is 0 Å². The molecule has 1 aromatic heterocycles. The molecule has 0 saturated carbocycles. The Hall–Kier alpha value is -1.81. The van der Waals surface area contributed by atoms with Gasteiger partial charge in [-0.15, -0.1) is 0 Å². The molecule has 18 heavy (non-hydrogen) atoms. The van der Waals surface area contributed by atoms with E-state index in [9.17, 15) is 8.78 Å². The molecule has 0 fully saturated rings. The molecule has 2 rings (SSSR count). The average molecular weight is 248 g/mol. The summed E-state index contributed by atoms with van der Waals surface area (Å²) in [4.78, 5) is 3.81. The van der Waals surface area contributed by atoms with Crippen LogP contribution in [-0.2, 0) is 6.54 Å². The van der Waals surface area contributed by atoms with E-state index in [0.29, 0.717) is 6.54 Å². The molecule has 2 nitrogen and oxygen atoms in total. The van der Waals surface area contributed by atoms with E-state index in [-0.39, 0.29) is 17.7 Å². The van der Waals surface area contributed by atoms with Gasteiger partial charge in [0.2, 0.25) is 0 Å². The van der Waals surface area contributed by atoms with Crippen LogP contribution in [0.5, 0.6) is 0 Å². The summed E-state index contributed by atoms with van der Waals surface area (Å²) in [6, 6.07) is 7.72. The van der Waals surface area contributed by atoms with Crippen molar-refractivity contribution in [2.24, 2.45) is 0 Å². The zero-order valence-corrected chi connectivity index (χ0v) is 10.0. The van der Waals surface area contributed by atoms with Crippen LogP contribution in [0.4, 0.5) is 8.78 Å². The van der Waals surface area contributed by atoms with E-state index < -0.39 is 0 Å². The second kappa shape index (κ2) is 5.69. The first kappa shape index (κ1) is 12.6. The minimum atomic E-state index is -0.345. The molecule has 0 amide bonds. The molecule has 1 atom stereocenters. The van der Waals surface area contributed by atoms with Crippen molar-refractivity contribution in [2.45, 2.75) is 19.5 Å². The van der Waals surface area contributed by atoms with E-state index in [2.05, 4.69) is 10.3 Å². The quantitative estimate of drug-likeness (QED) is 0.898. The molecule has 0 saturated heterocycles. The summed E-state index contributed by atoms with van der Waals surface area (Å²) >= 11 is 0. The minimum absolute atomic E-state index is 0.0155. The largest absolute Gasteiger partial charge is 0.306 e. The zero-order chi connectivity index (χ0) is 13.0. The monoisotopic (exact) mass is 248 g/mol. The van der Waals surface area contributed by atoms with Crippen molar-refractivity contribution in [3.05, 3.63) is 65.5 Å². The maximum atomic E-state index is 13.0. The van der Waals surface area contributed by atoms with Gasteiger partial charge in [-0.2, -0.15) is 0 Å². The van der Waals surface area contributed by atoms with Gasteiger partial charge in [0.05, 0.1) is 6.20 Å². The highest BCUT2D eigenvalue weighted by molar-refractivity contribution is 5.18. The molecule has 0 aliphatic rings. The highest BCUT2D eigenvalue weighted by Crippen LogP contribution is 2.13. The van der Waals surface area contributed by atoms with Crippen LogP contribution in [-0.4, -0.2) is 4.98 Å². The van der Waals surface area contributed by atoms with Gasteiger partial charge in [-0.3, -0.25) is 4.98 Å². The van der Waals surface area contributed by atoms with Gasteiger partial charge in [-0.1, -0.05) is 12.1 Å². The van der Waals surface area contributed by atoms with Gasteiger partial charge in [0.25, 0.3) is 0 Å². The Morgan fingerprint density at radius 2 is 1.83 bits per heavy atom. The van der Waals surface area contributed by atoms with E-state index in [4.69, 9.17) is 0 Å². The first-order valence-electron chi connectivity index (χ1n) is 5.73. The van der Waals surface area contributed by atoms with Crippen molar-refractivity contribution in [1.82, 2.24) is 10.3 Å². The number of nitrogens with zero attached hydrogens (tertiary/aromatic N) is 1. The minimum Gasteiger partial charge on any atom is -0.306 e. The van der Waals surface area contributed by atoms with Crippen LogP contribution >= 0.6 is 0 Å². The standard InChI is InChI=1S/C14H14F2N2/c1-10(12-6-14(16)9-17-8-12)18-7-11-2-4-13(15)5-3-11/h2-6,8-10,18H,7H2,1H3. The molecule has 4 heteroatoms. The first-order chi connectivity index (χ1) is 8.65. The summed E-state index contributed by atoms with van der Waals surface area (Å²) in [6.45, 7) is 2.53. The Labute approximate surface area is 105 Å². The van der Waals surface area contributed by atoms with Crippen LogP contribution in [0.15, 0.2) is 42.7 Å². The lowest BCUT2D eigenvalue weighted by atomic mass is 10.1. The lowest BCUT2D eigenvalue weighted by Crippen LogP contribution is -2.18. The smallest absolute Gasteiger partial charge is 0.141 e. The van der Waals surface area contributed by atoms with Gasteiger partial charge in [-0.05, 0) is 36.2 Å². The predicted molar refractivity (Wildman–Crippen MR) is 65.8 cm³/mol. The van der Waals surface area contributed by atoms with Gasteiger partial charge in [0.15, 0.2) is 0 Å². The van der Waals surface area contributed by atoms with Gasteiger partial charge in [0, 0.05) is 18.8 Å². The van der Waals surface area contributed by atoms with Crippen molar-refractivity contribution in [3.8, 4) is 0 Å². The summed E-state index contributed by atoms with van der Waals surface area (Å²) in [7, 11) is 0. The molecular formula is C14H14F2N2.